The molecule has 0 saturated heterocycles. The van der Waals surface area contributed by atoms with Gasteiger partial charge in [0.25, 0.3) is 0 Å². The second kappa shape index (κ2) is 19.0. The molecule has 0 aromatic heterocycles. The quantitative estimate of drug-likeness (QED) is 0.145. The van der Waals surface area contributed by atoms with Crippen molar-refractivity contribution in [2.45, 2.75) is 51.2 Å². The first-order valence-electron chi connectivity index (χ1n) is 11.4. The molecule has 0 fully saturated rings. The van der Waals surface area contributed by atoms with Crippen molar-refractivity contribution < 1.29 is 33.8 Å². The summed E-state index contributed by atoms with van der Waals surface area (Å²) in [7, 11) is 5.31. The third kappa shape index (κ3) is 18.8. The second-order valence-corrected chi connectivity index (χ2v) is 8.46. The van der Waals surface area contributed by atoms with Crippen molar-refractivity contribution in [1.29, 1.82) is 0 Å². The van der Waals surface area contributed by atoms with E-state index in [1.54, 1.807) is 21.1 Å². The van der Waals surface area contributed by atoms with Gasteiger partial charge in [-0.05, 0) is 19.3 Å². The number of quaternary nitrogens is 1. The van der Waals surface area contributed by atoms with Gasteiger partial charge in [-0.1, -0.05) is 67.7 Å². The Morgan fingerprint density at radius 2 is 1.52 bits per heavy atom. The molecule has 0 aromatic rings. The highest BCUT2D eigenvalue weighted by molar-refractivity contribution is 5.69. The SMILES string of the molecule is CC/C=C/C=C/C=C/C=C/C=C/CCCC(=O)OCC(O)COCCC(C(=O)[O-])[N+](C)(C)C. The van der Waals surface area contributed by atoms with Crippen LogP contribution in [0.5, 0.6) is 0 Å². The lowest BCUT2D eigenvalue weighted by atomic mass is 10.1. The number of rotatable bonds is 18. The van der Waals surface area contributed by atoms with E-state index in [0.29, 0.717) is 6.42 Å². The van der Waals surface area contributed by atoms with Gasteiger partial charge in [-0.3, -0.25) is 4.79 Å². The smallest absolute Gasteiger partial charge is 0.305 e. The van der Waals surface area contributed by atoms with Crippen LogP contribution in [-0.4, -0.2) is 74.6 Å². The van der Waals surface area contributed by atoms with Crippen LogP contribution in [0, 0.1) is 0 Å². The molecule has 0 heterocycles. The fourth-order valence-corrected chi connectivity index (χ4v) is 2.68. The van der Waals surface area contributed by atoms with E-state index in [1.165, 1.54) is 0 Å². The van der Waals surface area contributed by atoms with Gasteiger partial charge in [0.15, 0.2) is 0 Å². The molecule has 0 amide bonds. The molecule has 33 heavy (non-hydrogen) atoms. The lowest BCUT2D eigenvalue weighted by Crippen LogP contribution is -2.55. The Morgan fingerprint density at radius 1 is 0.939 bits per heavy atom. The number of allylic oxidation sites excluding steroid dienone is 10. The van der Waals surface area contributed by atoms with Crippen LogP contribution in [0.2, 0.25) is 0 Å². The fourth-order valence-electron chi connectivity index (χ4n) is 2.68. The molecule has 0 aliphatic heterocycles. The van der Waals surface area contributed by atoms with Gasteiger partial charge in [0.05, 0.1) is 40.3 Å². The number of ether oxygens (including phenoxy) is 2. The number of aliphatic hydroxyl groups is 1. The minimum Gasteiger partial charge on any atom is -0.544 e. The average Bonchev–Trinajstić information content (AvgIpc) is 2.74. The van der Waals surface area contributed by atoms with E-state index in [9.17, 15) is 19.8 Å². The molecule has 7 nitrogen and oxygen atoms in total. The highest BCUT2D eigenvalue weighted by atomic mass is 16.5. The molecule has 186 valence electrons. The van der Waals surface area contributed by atoms with Crippen LogP contribution < -0.4 is 5.11 Å². The number of esters is 1. The Balaban J connectivity index is 3.86. The van der Waals surface area contributed by atoms with E-state index in [2.05, 4.69) is 13.0 Å². The number of hydrogen-bond donors (Lipinski definition) is 1. The fraction of sp³-hybridized carbons (Fsp3) is 0.538. The van der Waals surface area contributed by atoms with Crippen molar-refractivity contribution in [1.82, 2.24) is 0 Å². The summed E-state index contributed by atoms with van der Waals surface area (Å²) in [5, 5.41) is 21.0. The van der Waals surface area contributed by atoms with Crippen LogP contribution in [0.1, 0.15) is 39.0 Å². The van der Waals surface area contributed by atoms with E-state index in [0.717, 1.165) is 12.8 Å². The van der Waals surface area contributed by atoms with Crippen molar-refractivity contribution in [2.24, 2.45) is 0 Å². The van der Waals surface area contributed by atoms with Gasteiger partial charge in [0, 0.05) is 12.8 Å². The number of carbonyl (C=O) groups is 2. The molecule has 0 rings (SSSR count). The molecule has 0 saturated carbocycles. The van der Waals surface area contributed by atoms with E-state index in [1.807, 2.05) is 54.7 Å². The number of aliphatic hydroxyl groups excluding tert-OH is 1. The van der Waals surface area contributed by atoms with Crippen LogP contribution in [0.3, 0.4) is 0 Å². The molecule has 0 radical (unpaired) electrons. The third-order valence-electron chi connectivity index (χ3n) is 4.53. The Hall–Kier alpha value is -2.48. The maximum Gasteiger partial charge on any atom is 0.305 e. The number of hydrogen-bond acceptors (Lipinski definition) is 6. The lowest BCUT2D eigenvalue weighted by Gasteiger charge is -2.34. The molecule has 1 N–H and O–H groups in total. The standard InChI is InChI=1S/C26H41NO6/c1-5-6-7-8-9-10-11-12-13-14-15-16-17-18-25(29)33-22-23(28)21-32-20-19-24(26(30)31)27(2,3)4/h6-15,23-24,28H,5,16-22H2,1-4H3/b7-6+,9-8+,11-10+,13-12+,15-14+. The first-order chi connectivity index (χ1) is 15.7. The molecule has 2 unspecified atom stereocenters. The highest BCUT2D eigenvalue weighted by Gasteiger charge is 2.24. The number of unbranched alkanes of at least 4 members (excludes halogenated alkanes) is 1. The van der Waals surface area contributed by atoms with Crippen molar-refractivity contribution in [3.63, 3.8) is 0 Å². The normalized spacial score (nSPS) is 14.8. The largest absolute Gasteiger partial charge is 0.544 e. The number of nitrogens with zero attached hydrogens (tertiary/aromatic N) is 1. The maximum atomic E-state index is 11.7. The van der Waals surface area contributed by atoms with Gasteiger partial charge >= 0.3 is 5.97 Å². The van der Waals surface area contributed by atoms with Gasteiger partial charge in [0.1, 0.15) is 18.8 Å². The van der Waals surface area contributed by atoms with Gasteiger partial charge in [0.2, 0.25) is 0 Å². The van der Waals surface area contributed by atoms with E-state index < -0.39 is 18.1 Å². The zero-order valence-corrected chi connectivity index (χ0v) is 20.5. The van der Waals surface area contributed by atoms with E-state index >= 15 is 0 Å². The first-order valence-corrected chi connectivity index (χ1v) is 11.4. The molecule has 0 aromatic carbocycles. The Kier molecular flexibility index (Phi) is 17.6. The summed E-state index contributed by atoms with van der Waals surface area (Å²) in [4.78, 5) is 22.9. The van der Waals surface area contributed by atoms with Gasteiger partial charge in [-0.2, -0.15) is 0 Å². The molecular formula is C26H41NO6. The molecular weight excluding hydrogens is 422 g/mol. The minimum atomic E-state index is -1.13. The van der Waals surface area contributed by atoms with Crippen LogP contribution in [0.15, 0.2) is 60.8 Å². The van der Waals surface area contributed by atoms with Gasteiger partial charge in [-0.15, -0.1) is 0 Å². The lowest BCUT2D eigenvalue weighted by molar-refractivity contribution is -0.889. The number of carbonyl (C=O) groups excluding carboxylic acids is 2. The maximum absolute atomic E-state index is 11.7. The van der Waals surface area contributed by atoms with Gasteiger partial charge < -0.3 is 29.0 Å². The second-order valence-electron chi connectivity index (χ2n) is 8.46. The van der Waals surface area contributed by atoms with Crippen molar-refractivity contribution in [2.75, 3.05) is 41.0 Å². The summed E-state index contributed by atoms with van der Waals surface area (Å²) >= 11 is 0. The molecule has 0 aliphatic rings. The molecule has 0 aliphatic carbocycles. The number of carboxylic acid groups (broad SMARTS) is 1. The van der Waals surface area contributed by atoms with E-state index in [-0.39, 0.29) is 43.1 Å². The van der Waals surface area contributed by atoms with E-state index in [4.69, 9.17) is 9.47 Å². The van der Waals surface area contributed by atoms with Crippen molar-refractivity contribution >= 4 is 11.9 Å². The average molecular weight is 464 g/mol. The summed E-state index contributed by atoms with van der Waals surface area (Å²) in [5.41, 5.74) is 0. The molecule has 0 bridgehead atoms. The topological polar surface area (TPSA) is 95.9 Å². The van der Waals surface area contributed by atoms with Crippen LogP contribution in [-0.2, 0) is 19.1 Å². The zero-order chi connectivity index (χ0) is 25.0. The van der Waals surface area contributed by atoms with Crippen molar-refractivity contribution in [3.8, 4) is 0 Å². The van der Waals surface area contributed by atoms with Crippen LogP contribution in [0.25, 0.3) is 0 Å². The minimum absolute atomic E-state index is 0.0288. The van der Waals surface area contributed by atoms with Crippen LogP contribution >= 0.6 is 0 Å². The number of aliphatic carboxylic acids is 1. The number of carboxylic acids is 1. The Bertz CT molecular complexity index is 685. The predicted molar refractivity (Wildman–Crippen MR) is 129 cm³/mol. The van der Waals surface area contributed by atoms with Gasteiger partial charge in [-0.25, -0.2) is 0 Å². The summed E-state index contributed by atoms with van der Waals surface area (Å²) in [6, 6.07) is -0.698. The highest BCUT2D eigenvalue weighted by Crippen LogP contribution is 2.07. The monoisotopic (exact) mass is 463 g/mol. The Morgan fingerprint density at radius 3 is 2.06 bits per heavy atom. The van der Waals surface area contributed by atoms with Crippen molar-refractivity contribution in [3.05, 3.63) is 60.8 Å². The number of likely N-dealkylation sites (N-methyl/N-ethyl adjacent to an activating group) is 1. The molecule has 2 atom stereocenters. The molecule has 0 spiro atoms. The van der Waals surface area contributed by atoms with Crippen LogP contribution in [0.4, 0.5) is 0 Å². The summed E-state index contributed by atoms with van der Waals surface area (Å²) in [6.45, 7) is 2.09. The first kappa shape index (κ1) is 30.5. The third-order valence-corrected chi connectivity index (χ3v) is 4.53. The predicted octanol–water partition coefficient (Wildman–Crippen LogP) is 2.48. The summed E-state index contributed by atoms with van der Waals surface area (Å²) < 4.78 is 10.6. The Labute approximate surface area is 199 Å². The zero-order valence-electron chi connectivity index (χ0n) is 20.5. The summed E-state index contributed by atoms with van der Waals surface area (Å²) in [6.07, 6.45) is 21.8. The summed E-state index contributed by atoms with van der Waals surface area (Å²) in [5.74, 6) is -1.50. The molecule has 7 heteroatoms.